The Morgan fingerprint density at radius 2 is 2.25 bits per heavy atom. The minimum absolute atomic E-state index is 0.0317. The number of nitrogens with two attached hydrogens (primary N) is 1. The number of methoxy groups -OCH3 is 1. The molecule has 0 spiro atoms. The van der Waals surface area contributed by atoms with Crippen molar-refractivity contribution in [1.29, 1.82) is 0 Å². The van der Waals surface area contributed by atoms with E-state index in [2.05, 4.69) is 15.6 Å². The highest BCUT2D eigenvalue weighted by Crippen LogP contribution is 2.03. The van der Waals surface area contributed by atoms with E-state index in [0.717, 1.165) is 24.3 Å². The monoisotopic (exact) mass is 280 g/mol. The van der Waals surface area contributed by atoms with Gasteiger partial charge in [0.1, 0.15) is 5.82 Å². The van der Waals surface area contributed by atoms with Crippen LogP contribution in [0.5, 0.6) is 0 Å². The van der Waals surface area contributed by atoms with Gasteiger partial charge in [-0.25, -0.2) is 4.98 Å². The van der Waals surface area contributed by atoms with Gasteiger partial charge in [-0.05, 0) is 25.0 Å². The van der Waals surface area contributed by atoms with Crippen molar-refractivity contribution >= 4 is 11.7 Å². The molecule has 0 aliphatic rings. The molecule has 112 valence electrons. The predicted octanol–water partition coefficient (Wildman–Crippen LogP) is 0.672. The quantitative estimate of drug-likeness (QED) is 0.579. The molecule has 6 nitrogen and oxygen atoms in total. The van der Waals surface area contributed by atoms with E-state index in [-0.39, 0.29) is 12.0 Å². The second-order valence-electron chi connectivity index (χ2n) is 4.65. The first-order valence-electron chi connectivity index (χ1n) is 6.81. The van der Waals surface area contributed by atoms with Crippen LogP contribution in [0.1, 0.15) is 18.4 Å². The van der Waals surface area contributed by atoms with Gasteiger partial charge in [0, 0.05) is 32.9 Å². The molecular formula is C14H24N4O2. The van der Waals surface area contributed by atoms with Crippen LogP contribution in [0.2, 0.25) is 0 Å². The number of carbonyl (C=O) groups is 1. The van der Waals surface area contributed by atoms with Gasteiger partial charge in [-0.3, -0.25) is 4.79 Å². The second-order valence-corrected chi connectivity index (χ2v) is 4.65. The number of nitrogens with one attached hydrogen (secondary N) is 2. The molecule has 6 heteroatoms. The van der Waals surface area contributed by atoms with E-state index in [0.29, 0.717) is 19.5 Å². The zero-order valence-electron chi connectivity index (χ0n) is 12.2. The van der Waals surface area contributed by atoms with Crippen molar-refractivity contribution in [3.63, 3.8) is 0 Å². The van der Waals surface area contributed by atoms with E-state index in [1.807, 2.05) is 25.3 Å². The maximum Gasteiger partial charge on any atom is 0.222 e. The summed E-state index contributed by atoms with van der Waals surface area (Å²) in [4.78, 5) is 15.8. The molecule has 0 aromatic carbocycles. The lowest BCUT2D eigenvalue weighted by molar-refractivity contribution is -0.123. The highest BCUT2D eigenvalue weighted by Gasteiger charge is 2.10. The molecule has 0 radical (unpaired) electrons. The molecule has 0 fully saturated rings. The fraction of sp³-hybridized carbons (Fsp3) is 0.571. The van der Waals surface area contributed by atoms with Crippen LogP contribution >= 0.6 is 0 Å². The molecule has 20 heavy (non-hydrogen) atoms. The summed E-state index contributed by atoms with van der Waals surface area (Å²) in [6.07, 6.45) is 2.76. The molecule has 1 aromatic rings. The van der Waals surface area contributed by atoms with Crippen LogP contribution in [0, 0.1) is 6.92 Å². The Hall–Kier alpha value is -1.66. The lowest BCUT2D eigenvalue weighted by atomic mass is 10.2. The standard InChI is InChI=1S/C14H24N4O2/c1-11-4-5-13(18-10-11)16-6-3-7-17-14(19)8-12(9-15)20-2/h4-5,10,12H,3,6-9,15H2,1-2H3,(H,16,18)(H,17,19). The van der Waals surface area contributed by atoms with E-state index in [1.54, 1.807) is 7.11 Å². The molecule has 0 bridgehead atoms. The molecule has 0 aliphatic carbocycles. The van der Waals surface area contributed by atoms with Crippen LogP contribution in [0.4, 0.5) is 5.82 Å². The van der Waals surface area contributed by atoms with Crippen LogP contribution in [0.25, 0.3) is 0 Å². The maximum atomic E-state index is 11.6. The number of anilines is 1. The number of aryl methyl sites for hydroxylation is 1. The molecule has 1 amide bonds. The molecule has 4 N–H and O–H groups in total. The Bertz CT molecular complexity index is 391. The molecule has 1 atom stereocenters. The average Bonchev–Trinajstić information content (AvgIpc) is 2.46. The summed E-state index contributed by atoms with van der Waals surface area (Å²) in [5.74, 6) is 0.820. The van der Waals surface area contributed by atoms with E-state index >= 15 is 0 Å². The molecule has 1 aromatic heterocycles. The number of ether oxygens (including phenoxy) is 1. The number of hydrogen-bond donors (Lipinski definition) is 3. The lowest BCUT2D eigenvalue weighted by Crippen LogP contribution is -2.33. The summed E-state index contributed by atoms with van der Waals surface area (Å²) in [6.45, 7) is 3.74. The van der Waals surface area contributed by atoms with Crippen LogP contribution in [0.3, 0.4) is 0 Å². The van der Waals surface area contributed by atoms with Crippen molar-refractivity contribution in [1.82, 2.24) is 10.3 Å². The first-order valence-corrected chi connectivity index (χ1v) is 6.81. The Balaban J connectivity index is 2.09. The minimum atomic E-state index is -0.204. The van der Waals surface area contributed by atoms with Gasteiger partial charge in [0.15, 0.2) is 0 Å². The Morgan fingerprint density at radius 3 is 2.85 bits per heavy atom. The largest absolute Gasteiger partial charge is 0.380 e. The van der Waals surface area contributed by atoms with Crippen molar-refractivity contribution in [3.05, 3.63) is 23.9 Å². The third kappa shape index (κ3) is 6.49. The van der Waals surface area contributed by atoms with Gasteiger partial charge < -0.3 is 21.1 Å². The Labute approximate surface area is 120 Å². The summed E-state index contributed by atoms with van der Waals surface area (Å²) in [6, 6.07) is 3.95. The normalized spacial score (nSPS) is 11.9. The summed E-state index contributed by atoms with van der Waals surface area (Å²) in [5.41, 5.74) is 6.60. The number of pyridine rings is 1. The third-order valence-corrected chi connectivity index (χ3v) is 2.90. The zero-order chi connectivity index (χ0) is 14.8. The van der Waals surface area contributed by atoms with Crippen LogP contribution in [-0.2, 0) is 9.53 Å². The van der Waals surface area contributed by atoms with E-state index < -0.39 is 0 Å². The lowest BCUT2D eigenvalue weighted by Gasteiger charge is -2.12. The molecule has 0 saturated carbocycles. The summed E-state index contributed by atoms with van der Waals surface area (Å²) >= 11 is 0. The van der Waals surface area contributed by atoms with E-state index in [4.69, 9.17) is 10.5 Å². The molecule has 1 heterocycles. The molecule has 0 aliphatic heterocycles. The van der Waals surface area contributed by atoms with Crippen molar-refractivity contribution in [2.75, 3.05) is 32.1 Å². The molecule has 1 rings (SSSR count). The molecule has 0 saturated heterocycles. The number of nitrogens with zero attached hydrogens (tertiary/aromatic N) is 1. The zero-order valence-corrected chi connectivity index (χ0v) is 12.2. The molecule has 1 unspecified atom stereocenters. The van der Waals surface area contributed by atoms with Crippen molar-refractivity contribution in [3.8, 4) is 0 Å². The van der Waals surface area contributed by atoms with Gasteiger partial charge in [0.05, 0.1) is 12.5 Å². The van der Waals surface area contributed by atoms with Crippen LogP contribution in [0.15, 0.2) is 18.3 Å². The highest BCUT2D eigenvalue weighted by molar-refractivity contribution is 5.76. The SMILES string of the molecule is COC(CN)CC(=O)NCCCNc1ccc(C)cn1. The van der Waals surface area contributed by atoms with Gasteiger partial charge in [-0.15, -0.1) is 0 Å². The number of hydrogen-bond acceptors (Lipinski definition) is 5. The minimum Gasteiger partial charge on any atom is -0.380 e. The number of aromatic nitrogens is 1. The number of carbonyl (C=O) groups excluding carboxylic acids is 1. The smallest absolute Gasteiger partial charge is 0.222 e. The number of amides is 1. The van der Waals surface area contributed by atoms with Gasteiger partial charge in [0.2, 0.25) is 5.91 Å². The molecular weight excluding hydrogens is 256 g/mol. The van der Waals surface area contributed by atoms with Gasteiger partial charge in [-0.2, -0.15) is 0 Å². The first-order chi connectivity index (χ1) is 9.65. The fourth-order valence-corrected chi connectivity index (χ4v) is 1.65. The van der Waals surface area contributed by atoms with Gasteiger partial charge in [-0.1, -0.05) is 6.07 Å². The summed E-state index contributed by atoms with van der Waals surface area (Å²) < 4.78 is 5.06. The first kappa shape index (κ1) is 16.4. The third-order valence-electron chi connectivity index (χ3n) is 2.90. The van der Waals surface area contributed by atoms with Gasteiger partial charge in [0.25, 0.3) is 0 Å². The summed E-state index contributed by atoms with van der Waals surface area (Å²) in [5, 5.41) is 6.04. The van der Waals surface area contributed by atoms with E-state index in [9.17, 15) is 4.79 Å². The Morgan fingerprint density at radius 1 is 1.45 bits per heavy atom. The van der Waals surface area contributed by atoms with Crippen molar-refractivity contribution in [2.24, 2.45) is 5.73 Å². The van der Waals surface area contributed by atoms with Crippen molar-refractivity contribution in [2.45, 2.75) is 25.9 Å². The second kappa shape index (κ2) is 9.28. The summed E-state index contributed by atoms with van der Waals surface area (Å²) in [7, 11) is 1.56. The highest BCUT2D eigenvalue weighted by atomic mass is 16.5. The average molecular weight is 280 g/mol. The van der Waals surface area contributed by atoms with Crippen molar-refractivity contribution < 1.29 is 9.53 Å². The van der Waals surface area contributed by atoms with Crippen LogP contribution in [-0.4, -0.2) is 43.7 Å². The predicted molar refractivity (Wildman–Crippen MR) is 79.6 cm³/mol. The van der Waals surface area contributed by atoms with Crippen LogP contribution < -0.4 is 16.4 Å². The maximum absolute atomic E-state index is 11.6. The number of rotatable bonds is 9. The fourth-order valence-electron chi connectivity index (χ4n) is 1.65. The van der Waals surface area contributed by atoms with E-state index in [1.165, 1.54) is 0 Å². The topological polar surface area (TPSA) is 89.3 Å². The van der Waals surface area contributed by atoms with Gasteiger partial charge >= 0.3 is 0 Å². The Kier molecular flexibility index (Phi) is 7.60.